The zero-order chi connectivity index (χ0) is 11.0. The van der Waals surface area contributed by atoms with Crippen LogP contribution in [-0.2, 0) is 0 Å². The highest BCUT2D eigenvalue weighted by atomic mass is 14.9. The Hall–Kier alpha value is -0.820. The molecule has 16 heavy (non-hydrogen) atoms. The lowest BCUT2D eigenvalue weighted by atomic mass is 9.83. The fourth-order valence-corrected chi connectivity index (χ4v) is 3.36. The molecule has 3 rings (SSSR count). The third-order valence-corrected chi connectivity index (χ3v) is 4.50. The van der Waals surface area contributed by atoms with E-state index in [-0.39, 0.29) is 0 Å². The summed E-state index contributed by atoms with van der Waals surface area (Å²) < 4.78 is 0. The largest absolute Gasteiger partial charge is 0.316 e. The van der Waals surface area contributed by atoms with Crippen LogP contribution in [0.3, 0.4) is 0 Å². The molecule has 4 atom stereocenters. The Morgan fingerprint density at radius 3 is 2.69 bits per heavy atom. The van der Waals surface area contributed by atoms with E-state index in [0.717, 1.165) is 23.7 Å². The second-order valence-electron chi connectivity index (χ2n) is 5.55. The number of rotatable bonds is 2. The van der Waals surface area contributed by atoms with Crippen LogP contribution in [0.1, 0.15) is 31.2 Å². The summed E-state index contributed by atoms with van der Waals surface area (Å²) in [7, 11) is 0. The molecule has 1 aliphatic heterocycles. The van der Waals surface area contributed by atoms with E-state index >= 15 is 0 Å². The van der Waals surface area contributed by atoms with Crippen molar-refractivity contribution in [3.8, 4) is 0 Å². The van der Waals surface area contributed by atoms with Gasteiger partial charge < -0.3 is 5.32 Å². The second-order valence-corrected chi connectivity index (χ2v) is 5.55. The van der Waals surface area contributed by atoms with E-state index in [4.69, 9.17) is 0 Å². The van der Waals surface area contributed by atoms with E-state index in [1.54, 1.807) is 5.56 Å². The maximum absolute atomic E-state index is 3.56. The summed E-state index contributed by atoms with van der Waals surface area (Å²) in [4.78, 5) is 0. The molecule has 1 heteroatoms. The van der Waals surface area contributed by atoms with Crippen LogP contribution in [0.15, 0.2) is 30.3 Å². The Kier molecular flexibility index (Phi) is 2.72. The number of piperidine rings is 1. The second kappa shape index (κ2) is 4.21. The Bertz CT molecular complexity index is 346. The van der Waals surface area contributed by atoms with Crippen LogP contribution >= 0.6 is 0 Å². The van der Waals surface area contributed by atoms with Gasteiger partial charge in [0.2, 0.25) is 0 Å². The lowest BCUT2D eigenvalue weighted by molar-refractivity contribution is 0.242. The van der Waals surface area contributed by atoms with Crippen LogP contribution in [0.2, 0.25) is 0 Å². The fraction of sp³-hybridized carbons (Fsp3) is 0.600. The summed E-state index contributed by atoms with van der Waals surface area (Å²) in [5.74, 6) is 3.64. The Balaban J connectivity index is 1.67. The zero-order valence-electron chi connectivity index (χ0n) is 10.0. The molecule has 1 aromatic rings. The van der Waals surface area contributed by atoms with Crippen molar-refractivity contribution in [3.63, 3.8) is 0 Å². The van der Waals surface area contributed by atoms with Crippen molar-refractivity contribution < 1.29 is 0 Å². The van der Waals surface area contributed by atoms with Crippen LogP contribution in [0.25, 0.3) is 0 Å². The fourth-order valence-electron chi connectivity index (χ4n) is 3.36. The molecule has 0 bridgehead atoms. The van der Waals surface area contributed by atoms with E-state index in [0.29, 0.717) is 0 Å². The van der Waals surface area contributed by atoms with Gasteiger partial charge in [-0.3, -0.25) is 0 Å². The molecule has 2 fully saturated rings. The number of hydrogen-bond donors (Lipinski definition) is 1. The number of hydrogen-bond acceptors (Lipinski definition) is 1. The summed E-state index contributed by atoms with van der Waals surface area (Å²) in [6.07, 6.45) is 2.78. The normalized spacial score (nSPS) is 38.3. The summed E-state index contributed by atoms with van der Waals surface area (Å²) >= 11 is 0. The first-order valence-electron chi connectivity index (χ1n) is 6.62. The molecule has 1 nitrogen and oxygen atoms in total. The summed E-state index contributed by atoms with van der Waals surface area (Å²) in [6.45, 7) is 4.90. The summed E-state index contributed by atoms with van der Waals surface area (Å²) in [6, 6.07) is 11.1. The third-order valence-electron chi connectivity index (χ3n) is 4.50. The minimum Gasteiger partial charge on any atom is -0.316 e. The van der Waals surface area contributed by atoms with Gasteiger partial charge in [-0.1, -0.05) is 37.3 Å². The smallest absolute Gasteiger partial charge is 0.00151 e. The van der Waals surface area contributed by atoms with Crippen LogP contribution in [-0.4, -0.2) is 13.1 Å². The molecule has 4 unspecified atom stereocenters. The predicted molar refractivity (Wildman–Crippen MR) is 67.4 cm³/mol. The van der Waals surface area contributed by atoms with Crippen LogP contribution in [0.4, 0.5) is 0 Å². The van der Waals surface area contributed by atoms with Gasteiger partial charge in [-0.2, -0.15) is 0 Å². The molecule has 0 amide bonds. The molecule has 1 N–H and O–H groups in total. The molecule has 1 heterocycles. The molecule has 2 aliphatic rings. The van der Waals surface area contributed by atoms with Gasteiger partial charge >= 0.3 is 0 Å². The molecular formula is C15H21N. The summed E-state index contributed by atoms with van der Waals surface area (Å²) in [5, 5.41) is 3.56. The zero-order valence-corrected chi connectivity index (χ0v) is 10.0. The standard InChI is InChI=1S/C15H21N/c1-11-7-8-16-10-15(11)14-9-13(14)12-5-3-2-4-6-12/h2-6,11,13-16H,7-10H2,1H3. The maximum atomic E-state index is 3.56. The molecule has 1 aliphatic carbocycles. The monoisotopic (exact) mass is 215 g/mol. The van der Waals surface area contributed by atoms with Crippen LogP contribution < -0.4 is 5.32 Å². The van der Waals surface area contributed by atoms with Gasteiger partial charge in [0.25, 0.3) is 0 Å². The number of benzene rings is 1. The Morgan fingerprint density at radius 2 is 1.94 bits per heavy atom. The van der Waals surface area contributed by atoms with E-state index < -0.39 is 0 Å². The molecule has 1 saturated heterocycles. The van der Waals surface area contributed by atoms with E-state index in [1.807, 2.05) is 0 Å². The SMILES string of the molecule is CC1CCNCC1C1CC1c1ccccc1. The lowest BCUT2D eigenvalue weighted by Crippen LogP contribution is -2.36. The van der Waals surface area contributed by atoms with Gasteiger partial charge in [-0.15, -0.1) is 0 Å². The van der Waals surface area contributed by atoms with Gasteiger partial charge in [-0.05, 0) is 55.2 Å². The van der Waals surface area contributed by atoms with Gasteiger partial charge in [0.1, 0.15) is 0 Å². The lowest BCUT2D eigenvalue weighted by Gasteiger charge is -2.30. The predicted octanol–water partition coefficient (Wildman–Crippen LogP) is 3.04. The highest BCUT2D eigenvalue weighted by Crippen LogP contribution is 2.54. The molecule has 0 aromatic heterocycles. The van der Waals surface area contributed by atoms with Crippen LogP contribution in [0, 0.1) is 17.8 Å². The minimum absolute atomic E-state index is 0.855. The van der Waals surface area contributed by atoms with Gasteiger partial charge in [-0.25, -0.2) is 0 Å². The van der Waals surface area contributed by atoms with Crippen LogP contribution in [0.5, 0.6) is 0 Å². The van der Waals surface area contributed by atoms with Gasteiger partial charge in [0.15, 0.2) is 0 Å². The van der Waals surface area contributed by atoms with E-state index in [2.05, 4.69) is 42.6 Å². The van der Waals surface area contributed by atoms with E-state index in [9.17, 15) is 0 Å². The third kappa shape index (κ3) is 1.89. The maximum Gasteiger partial charge on any atom is -0.00151 e. The first-order valence-corrected chi connectivity index (χ1v) is 6.62. The average Bonchev–Trinajstić information content (AvgIpc) is 3.11. The average molecular weight is 215 g/mol. The number of nitrogens with one attached hydrogen (secondary N) is 1. The van der Waals surface area contributed by atoms with Crippen molar-refractivity contribution >= 4 is 0 Å². The molecule has 0 radical (unpaired) electrons. The first-order chi connectivity index (χ1) is 7.86. The van der Waals surface area contributed by atoms with Crippen molar-refractivity contribution in [2.45, 2.75) is 25.7 Å². The highest BCUT2D eigenvalue weighted by Gasteiger charge is 2.45. The molecule has 0 spiro atoms. The molecule has 1 saturated carbocycles. The Labute approximate surface area is 98.3 Å². The van der Waals surface area contributed by atoms with Crippen molar-refractivity contribution in [2.24, 2.45) is 17.8 Å². The van der Waals surface area contributed by atoms with Crippen molar-refractivity contribution in [2.75, 3.05) is 13.1 Å². The Morgan fingerprint density at radius 1 is 1.12 bits per heavy atom. The van der Waals surface area contributed by atoms with Crippen molar-refractivity contribution in [1.82, 2.24) is 5.32 Å². The van der Waals surface area contributed by atoms with E-state index in [1.165, 1.54) is 25.9 Å². The first kappa shape index (κ1) is 10.3. The van der Waals surface area contributed by atoms with Gasteiger partial charge in [0.05, 0.1) is 0 Å². The molecular weight excluding hydrogens is 194 g/mol. The van der Waals surface area contributed by atoms with Crippen molar-refractivity contribution in [1.29, 1.82) is 0 Å². The summed E-state index contributed by atoms with van der Waals surface area (Å²) in [5.41, 5.74) is 1.56. The molecule has 1 aromatic carbocycles. The topological polar surface area (TPSA) is 12.0 Å². The van der Waals surface area contributed by atoms with Crippen molar-refractivity contribution in [3.05, 3.63) is 35.9 Å². The minimum atomic E-state index is 0.855. The quantitative estimate of drug-likeness (QED) is 0.799. The highest BCUT2D eigenvalue weighted by molar-refractivity contribution is 5.26. The van der Waals surface area contributed by atoms with Gasteiger partial charge in [0, 0.05) is 0 Å². The molecule has 86 valence electrons.